The highest BCUT2D eigenvalue weighted by molar-refractivity contribution is 6.40. The number of ether oxygens (including phenoxy) is 2. The standard InChI is InChI=1S/C20H15N3O4/c24-19(22-16-7-3-5-14-4-1-2-6-15(14)16)20(25)23-21-11-13-8-9-17-18(10-13)27-12-26-17/h1-11H,12H2,(H,22,24)(H,23,25)/b21-11+. The van der Waals surface area contributed by atoms with Crippen LogP contribution >= 0.6 is 0 Å². The highest BCUT2D eigenvalue weighted by Crippen LogP contribution is 2.31. The number of hydrogen-bond donors (Lipinski definition) is 2. The lowest BCUT2D eigenvalue weighted by atomic mass is 10.1. The summed E-state index contributed by atoms with van der Waals surface area (Å²) < 4.78 is 10.5. The lowest BCUT2D eigenvalue weighted by molar-refractivity contribution is -0.136. The first-order chi connectivity index (χ1) is 13.2. The normalized spacial score (nSPS) is 12.3. The molecular formula is C20H15N3O4. The van der Waals surface area contributed by atoms with E-state index in [1.165, 1.54) is 6.21 Å². The van der Waals surface area contributed by atoms with Crippen LogP contribution in [0.3, 0.4) is 0 Å². The van der Waals surface area contributed by atoms with E-state index in [1.54, 1.807) is 24.3 Å². The average molecular weight is 361 g/mol. The number of fused-ring (bicyclic) bond motifs is 2. The molecule has 0 aromatic heterocycles. The molecule has 7 nitrogen and oxygen atoms in total. The molecule has 7 heteroatoms. The summed E-state index contributed by atoms with van der Waals surface area (Å²) in [5.74, 6) is -0.390. The van der Waals surface area contributed by atoms with Crippen molar-refractivity contribution in [2.75, 3.05) is 12.1 Å². The summed E-state index contributed by atoms with van der Waals surface area (Å²) in [5.41, 5.74) is 3.48. The van der Waals surface area contributed by atoms with Crippen LogP contribution in [-0.4, -0.2) is 24.8 Å². The summed E-state index contributed by atoms with van der Waals surface area (Å²) in [7, 11) is 0. The van der Waals surface area contributed by atoms with Crippen LogP contribution in [0.5, 0.6) is 11.5 Å². The van der Waals surface area contributed by atoms with Crippen molar-refractivity contribution in [3.8, 4) is 11.5 Å². The Kier molecular flexibility index (Phi) is 4.40. The third-order valence-electron chi connectivity index (χ3n) is 4.02. The van der Waals surface area contributed by atoms with Gasteiger partial charge in [0.1, 0.15) is 0 Å². The number of carbonyl (C=O) groups is 2. The SMILES string of the molecule is O=C(N/N=C/c1ccc2c(c1)OCO2)C(=O)Nc1cccc2ccccc12. The Balaban J connectivity index is 1.40. The van der Waals surface area contributed by atoms with E-state index in [4.69, 9.17) is 9.47 Å². The lowest BCUT2D eigenvalue weighted by Gasteiger charge is -2.07. The minimum atomic E-state index is -0.861. The minimum absolute atomic E-state index is 0.182. The number of nitrogens with zero attached hydrogens (tertiary/aromatic N) is 1. The van der Waals surface area contributed by atoms with Gasteiger partial charge in [0.05, 0.1) is 6.21 Å². The van der Waals surface area contributed by atoms with Crippen molar-refractivity contribution in [1.29, 1.82) is 0 Å². The summed E-state index contributed by atoms with van der Waals surface area (Å²) in [5, 5.41) is 8.24. The van der Waals surface area contributed by atoms with Crippen molar-refractivity contribution < 1.29 is 19.1 Å². The summed E-state index contributed by atoms with van der Waals surface area (Å²) in [6.45, 7) is 0.182. The minimum Gasteiger partial charge on any atom is -0.454 e. The number of hydrazone groups is 1. The second-order valence-corrected chi connectivity index (χ2v) is 5.79. The first-order valence-corrected chi connectivity index (χ1v) is 8.22. The van der Waals surface area contributed by atoms with E-state index in [9.17, 15) is 9.59 Å². The molecule has 134 valence electrons. The molecule has 0 atom stereocenters. The highest BCUT2D eigenvalue weighted by Gasteiger charge is 2.15. The maximum absolute atomic E-state index is 12.1. The monoisotopic (exact) mass is 361 g/mol. The molecule has 0 aliphatic carbocycles. The van der Waals surface area contributed by atoms with Gasteiger partial charge in [0.15, 0.2) is 11.5 Å². The van der Waals surface area contributed by atoms with Gasteiger partial charge in [0.2, 0.25) is 6.79 Å². The van der Waals surface area contributed by atoms with Crippen LogP contribution < -0.4 is 20.2 Å². The Morgan fingerprint density at radius 1 is 0.926 bits per heavy atom. The van der Waals surface area contributed by atoms with Crippen molar-refractivity contribution in [3.63, 3.8) is 0 Å². The second-order valence-electron chi connectivity index (χ2n) is 5.79. The molecule has 1 aliphatic rings. The first kappa shape index (κ1) is 16.6. The molecule has 4 rings (SSSR count). The average Bonchev–Trinajstić information content (AvgIpc) is 3.16. The fraction of sp³-hybridized carbons (Fsp3) is 0.0500. The van der Waals surface area contributed by atoms with E-state index in [0.29, 0.717) is 22.7 Å². The van der Waals surface area contributed by atoms with E-state index in [0.717, 1.165) is 10.8 Å². The van der Waals surface area contributed by atoms with Crippen LogP contribution in [-0.2, 0) is 9.59 Å². The molecule has 0 saturated heterocycles. The number of carbonyl (C=O) groups excluding carboxylic acids is 2. The maximum atomic E-state index is 12.1. The Labute approximate surface area is 154 Å². The molecule has 2 N–H and O–H groups in total. The van der Waals surface area contributed by atoms with Crippen molar-refractivity contribution in [3.05, 3.63) is 66.2 Å². The van der Waals surface area contributed by atoms with Crippen molar-refractivity contribution >= 4 is 34.5 Å². The maximum Gasteiger partial charge on any atom is 0.329 e. The molecule has 0 unspecified atom stereocenters. The second kappa shape index (κ2) is 7.17. The van der Waals surface area contributed by atoms with E-state index in [-0.39, 0.29) is 6.79 Å². The summed E-state index contributed by atoms with van der Waals surface area (Å²) in [4.78, 5) is 24.1. The van der Waals surface area contributed by atoms with Crippen LogP contribution in [0.4, 0.5) is 5.69 Å². The van der Waals surface area contributed by atoms with Gasteiger partial charge in [-0.05, 0) is 35.2 Å². The molecule has 27 heavy (non-hydrogen) atoms. The fourth-order valence-corrected chi connectivity index (χ4v) is 2.72. The zero-order valence-corrected chi connectivity index (χ0v) is 14.1. The zero-order chi connectivity index (χ0) is 18.6. The van der Waals surface area contributed by atoms with E-state index >= 15 is 0 Å². The molecule has 3 aromatic carbocycles. The zero-order valence-electron chi connectivity index (χ0n) is 14.1. The summed E-state index contributed by atoms with van der Waals surface area (Å²) in [6, 6.07) is 18.3. The topological polar surface area (TPSA) is 89.0 Å². The van der Waals surface area contributed by atoms with Crippen LogP contribution in [0.1, 0.15) is 5.56 Å². The number of amides is 2. The number of anilines is 1. The Bertz CT molecular complexity index is 1060. The predicted octanol–water partition coefficient (Wildman–Crippen LogP) is 2.66. The number of nitrogens with one attached hydrogen (secondary N) is 2. The van der Waals surface area contributed by atoms with E-state index < -0.39 is 11.8 Å². The predicted molar refractivity (Wildman–Crippen MR) is 101 cm³/mol. The van der Waals surface area contributed by atoms with Gasteiger partial charge < -0.3 is 14.8 Å². The highest BCUT2D eigenvalue weighted by atomic mass is 16.7. The molecule has 0 radical (unpaired) electrons. The van der Waals surface area contributed by atoms with E-state index in [1.807, 2.05) is 36.4 Å². The third kappa shape index (κ3) is 3.57. The molecular weight excluding hydrogens is 346 g/mol. The van der Waals surface area contributed by atoms with Crippen molar-refractivity contribution in [2.24, 2.45) is 5.10 Å². The largest absolute Gasteiger partial charge is 0.454 e. The van der Waals surface area contributed by atoms with Gasteiger partial charge in [-0.25, -0.2) is 5.43 Å². The van der Waals surface area contributed by atoms with Gasteiger partial charge in [0.25, 0.3) is 0 Å². The van der Waals surface area contributed by atoms with Gasteiger partial charge in [-0.15, -0.1) is 0 Å². The molecule has 0 fully saturated rings. The van der Waals surface area contributed by atoms with Crippen molar-refractivity contribution in [2.45, 2.75) is 0 Å². The van der Waals surface area contributed by atoms with Crippen LogP contribution in [0, 0.1) is 0 Å². The molecule has 0 bridgehead atoms. The first-order valence-electron chi connectivity index (χ1n) is 8.22. The number of hydrogen-bond acceptors (Lipinski definition) is 5. The summed E-state index contributed by atoms with van der Waals surface area (Å²) >= 11 is 0. The van der Waals surface area contributed by atoms with Gasteiger partial charge >= 0.3 is 11.8 Å². The number of benzene rings is 3. The van der Waals surface area contributed by atoms with Gasteiger partial charge in [0, 0.05) is 11.1 Å². The van der Waals surface area contributed by atoms with Gasteiger partial charge in [-0.1, -0.05) is 36.4 Å². The molecule has 1 heterocycles. The third-order valence-corrected chi connectivity index (χ3v) is 4.02. The van der Waals surface area contributed by atoms with E-state index in [2.05, 4.69) is 15.8 Å². The molecule has 1 aliphatic heterocycles. The summed E-state index contributed by atoms with van der Waals surface area (Å²) in [6.07, 6.45) is 1.42. The van der Waals surface area contributed by atoms with Gasteiger partial charge in [-0.2, -0.15) is 5.10 Å². The quantitative estimate of drug-likeness (QED) is 0.426. The Morgan fingerprint density at radius 3 is 2.67 bits per heavy atom. The van der Waals surface area contributed by atoms with Crippen LogP contribution in [0.15, 0.2) is 65.8 Å². The number of rotatable bonds is 3. The lowest BCUT2D eigenvalue weighted by Crippen LogP contribution is -2.32. The Hall–Kier alpha value is -3.87. The van der Waals surface area contributed by atoms with Crippen molar-refractivity contribution in [1.82, 2.24) is 5.43 Å². The fourth-order valence-electron chi connectivity index (χ4n) is 2.72. The molecule has 3 aromatic rings. The Morgan fingerprint density at radius 2 is 1.74 bits per heavy atom. The molecule has 2 amide bonds. The van der Waals surface area contributed by atoms with Crippen LogP contribution in [0.25, 0.3) is 10.8 Å². The molecule has 0 saturated carbocycles. The van der Waals surface area contributed by atoms with Gasteiger partial charge in [-0.3, -0.25) is 9.59 Å². The van der Waals surface area contributed by atoms with Crippen LogP contribution in [0.2, 0.25) is 0 Å². The molecule has 0 spiro atoms. The smallest absolute Gasteiger partial charge is 0.329 e.